The predicted octanol–water partition coefficient (Wildman–Crippen LogP) is 3.87. The monoisotopic (exact) mass is 253 g/mol. The number of rotatable bonds is 3. The maximum atomic E-state index is 11.6. The molecule has 0 aromatic heterocycles. The Kier molecular flexibility index (Phi) is 5.33. The lowest BCUT2D eigenvalue weighted by molar-refractivity contribution is 0.133. The molecular weight excluding hydrogens is 226 g/mol. The summed E-state index contributed by atoms with van der Waals surface area (Å²) in [5, 5.41) is 3.14. The maximum Gasteiger partial charge on any atom is 0.407 e. The van der Waals surface area contributed by atoms with Gasteiger partial charge in [-0.2, -0.15) is 0 Å². The van der Waals surface area contributed by atoms with E-state index in [2.05, 4.69) is 5.32 Å². The van der Waals surface area contributed by atoms with Gasteiger partial charge in [-0.25, -0.2) is 4.79 Å². The molecule has 0 unspecified atom stereocenters. The van der Waals surface area contributed by atoms with Crippen LogP contribution in [0.2, 0.25) is 0 Å². The Hall–Kier alpha value is -0.730. The van der Waals surface area contributed by atoms with Gasteiger partial charge in [-0.15, -0.1) is 0 Å². The van der Waals surface area contributed by atoms with Crippen molar-refractivity contribution in [2.45, 2.75) is 70.3 Å². The number of hydrogen-bond acceptors (Lipinski definition) is 2. The molecule has 1 N–H and O–H groups in total. The van der Waals surface area contributed by atoms with Crippen LogP contribution in [0.1, 0.15) is 64.2 Å². The highest BCUT2D eigenvalue weighted by atomic mass is 16.5. The van der Waals surface area contributed by atoms with Crippen LogP contribution in [0.5, 0.6) is 0 Å². The summed E-state index contributed by atoms with van der Waals surface area (Å²) < 4.78 is 4.81. The minimum atomic E-state index is -0.240. The van der Waals surface area contributed by atoms with E-state index < -0.39 is 0 Å². The summed E-state index contributed by atoms with van der Waals surface area (Å²) >= 11 is 0. The van der Waals surface area contributed by atoms with Crippen LogP contribution >= 0.6 is 0 Å². The van der Waals surface area contributed by atoms with Crippen LogP contribution in [0.25, 0.3) is 0 Å². The van der Waals surface area contributed by atoms with Crippen LogP contribution < -0.4 is 5.32 Å². The minimum absolute atomic E-state index is 0.240. The second kappa shape index (κ2) is 7.01. The lowest BCUT2D eigenvalue weighted by Crippen LogP contribution is -2.46. The van der Waals surface area contributed by atoms with Crippen molar-refractivity contribution in [3.05, 3.63) is 0 Å². The van der Waals surface area contributed by atoms with Crippen molar-refractivity contribution in [1.29, 1.82) is 0 Å². The maximum absolute atomic E-state index is 11.6. The average molecular weight is 253 g/mol. The highest BCUT2D eigenvalue weighted by Crippen LogP contribution is 2.35. The van der Waals surface area contributed by atoms with Gasteiger partial charge in [-0.3, -0.25) is 0 Å². The van der Waals surface area contributed by atoms with Crippen molar-refractivity contribution in [2.24, 2.45) is 11.8 Å². The van der Waals surface area contributed by atoms with Crippen LogP contribution in [0.15, 0.2) is 0 Å². The number of amides is 1. The lowest BCUT2D eigenvalue weighted by atomic mass is 9.74. The first-order valence-electron chi connectivity index (χ1n) is 7.65. The fraction of sp³-hybridized carbons (Fsp3) is 0.933. The third-order valence-electron chi connectivity index (χ3n) is 4.79. The molecule has 0 saturated heterocycles. The van der Waals surface area contributed by atoms with E-state index in [-0.39, 0.29) is 6.09 Å². The highest BCUT2D eigenvalue weighted by molar-refractivity contribution is 5.67. The van der Waals surface area contributed by atoms with E-state index in [1.807, 2.05) is 0 Å². The van der Waals surface area contributed by atoms with Gasteiger partial charge in [-0.1, -0.05) is 38.5 Å². The molecule has 104 valence electrons. The smallest absolute Gasteiger partial charge is 0.407 e. The van der Waals surface area contributed by atoms with Crippen LogP contribution in [-0.4, -0.2) is 19.2 Å². The van der Waals surface area contributed by atoms with Gasteiger partial charge in [0, 0.05) is 6.04 Å². The Bertz CT molecular complexity index is 237. The van der Waals surface area contributed by atoms with E-state index in [1.165, 1.54) is 71.3 Å². The fourth-order valence-corrected chi connectivity index (χ4v) is 3.80. The minimum Gasteiger partial charge on any atom is -0.453 e. The molecule has 1 amide bonds. The lowest BCUT2D eigenvalue weighted by Gasteiger charge is -2.37. The number of ether oxygens (including phenoxy) is 1. The number of carbonyl (C=O) groups is 1. The summed E-state index contributed by atoms with van der Waals surface area (Å²) in [6.07, 6.45) is 12.9. The van der Waals surface area contributed by atoms with Crippen molar-refractivity contribution < 1.29 is 9.53 Å². The Morgan fingerprint density at radius 1 is 0.944 bits per heavy atom. The summed E-state index contributed by atoms with van der Waals surface area (Å²) in [6, 6.07) is 0.359. The van der Waals surface area contributed by atoms with E-state index in [9.17, 15) is 4.79 Å². The number of methoxy groups -OCH3 is 1. The molecule has 2 fully saturated rings. The van der Waals surface area contributed by atoms with Gasteiger partial charge in [-0.05, 0) is 37.5 Å². The zero-order chi connectivity index (χ0) is 12.8. The van der Waals surface area contributed by atoms with Gasteiger partial charge in [0.25, 0.3) is 0 Å². The van der Waals surface area contributed by atoms with Gasteiger partial charge >= 0.3 is 6.09 Å². The average Bonchev–Trinajstić information content (AvgIpc) is 2.46. The zero-order valence-corrected chi connectivity index (χ0v) is 11.6. The summed E-state index contributed by atoms with van der Waals surface area (Å²) in [5.41, 5.74) is 0. The van der Waals surface area contributed by atoms with Crippen molar-refractivity contribution in [2.75, 3.05) is 7.11 Å². The molecule has 0 atom stereocenters. The number of alkyl carbamates (subject to hydrolysis) is 1. The molecule has 0 aromatic carbocycles. The van der Waals surface area contributed by atoms with Crippen molar-refractivity contribution in [1.82, 2.24) is 5.32 Å². The van der Waals surface area contributed by atoms with Gasteiger partial charge in [0.15, 0.2) is 0 Å². The van der Waals surface area contributed by atoms with Crippen LogP contribution in [0.4, 0.5) is 4.79 Å². The third kappa shape index (κ3) is 3.63. The molecule has 0 bridgehead atoms. The van der Waals surface area contributed by atoms with Crippen LogP contribution in [-0.2, 0) is 4.74 Å². The highest BCUT2D eigenvalue weighted by Gasteiger charge is 2.32. The first kappa shape index (κ1) is 13.7. The SMILES string of the molecule is COC(=O)NC(C1CCCCC1)C1CCCCC1. The zero-order valence-electron chi connectivity index (χ0n) is 11.6. The fourth-order valence-electron chi connectivity index (χ4n) is 3.80. The Morgan fingerprint density at radius 2 is 1.39 bits per heavy atom. The van der Waals surface area contributed by atoms with Gasteiger partial charge in [0.05, 0.1) is 7.11 Å². The number of hydrogen-bond donors (Lipinski definition) is 1. The topological polar surface area (TPSA) is 38.3 Å². The molecule has 0 aromatic rings. The first-order valence-corrected chi connectivity index (χ1v) is 7.65. The molecule has 3 heteroatoms. The van der Waals surface area contributed by atoms with Crippen molar-refractivity contribution in [3.8, 4) is 0 Å². The second-order valence-corrected chi connectivity index (χ2v) is 5.96. The predicted molar refractivity (Wildman–Crippen MR) is 72.5 cm³/mol. The summed E-state index contributed by atoms with van der Waals surface area (Å²) in [4.78, 5) is 11.6. The Balaban J connectivity index is 1.97. The summed E-state index contributed by atoms with van der Waals surface area (Å²) in [5.74, 6) is 1.36. The van der Waals surface area contributed by atoms with Crippen LogP contribution in [0.3, 0.4) is 0 Å². The molecule has 3 nitrogen and oxygen atoms in total. The number of nitrogens with one attached hydrogen (secondary N) is 1. The largest absolute Gasteiger partial charge is 0.453 e. The molecule has 2 aliphatic carbocycles. The van der Waals surface area contributed by atoms with Gasteiger partial charge in [0.1, 0.15) is 0 Å². The Morgan fingerprint density at radius 3 is 1.78 bits per heavy atom. The molecule has 2 rings (SSSR count). The van der Waals surface area contributed by atoms with Crippen LogP contribution in [0, 0.1) is 11.8 Å². The number of carbonyl (C=O) groups excluding carboxylic acids is 1. The molecule has 0 aliphatic heterocycles. The first-order chi connectivity index (χ1) is 8.81. The normalized spacial score (nSPS) is 23.0. The van der Waals surface area contributed by atoms with Gasteiger partial charge in [0.2, 0.25) is 0 Å². The second-order valence-electron chi connectivity index (χ2n) is 5.96. The van der Waals surface area contributed by atoms with Gasteiger partial charge < -0.3 is 10.1 Å². The molecule has 0 radical (unpaired) electrons. The molecular formula is C15H27NO2. The van der Waals surface area contributed by atoms with E-state index in [0.29, 0.717) is 17.9 Å². The molecule has 2 aliphatic rings. The Labute approximate surface area is 111 Å². The third-order valence-corrected chi connectivity index (χ3v) is 4.79. The van der Waals surface area contributed by atoms with Crippen molar-refractivity contribution in [3.63, 3.8) is 0 Å². The van der Waals surface area contributed by atoms with E-state index in [4.69, 9.17) is 4.74 Å². The summed E-state index contributed by atoms with van der Waals surface area (Å²) in [7, 11) is 1.47. The van der Waals surface area contributed by atoms with E-state index >= 15 is 0 Å². The van der Waals surface area contributed by atoms with E-state index in [0.717, 1.165) is 0 Å². The molecule has 0 heterocycles. The van der Waals surface area contributed by atoms with Crippen molar-refractivity contribution >= 4 is 6.09 Å². The molecule has 0 spiro atoms. The summed E-state index contributed by atoms with van der Waals surface area (Å²) in [6.45, 7) is 0. The standard InChI is InChI=1S/C15H27NO2/c1-18-15(17)16-14(12-8-4-2-5-9-12)13-10-6-3-7-11-13/h12-14H,2-11H2,1H3,(H,16,17). The van der Waals surface area contributed by atoms with E-state index in [1.54, 1.807) is 0 Å². The molecule has 2 saturated carbocycles. The quantitative estimate of drug-likeness (QED) is 0.829. The molecule has 18 heavy (non-hydrogen) atoms.